The van der Waals surface area contributed by atoms with Crippen LogP contribution in [0.25, 0.3) is 0 Å². The van der Waals surface area contributed by atoms with E-state index < -0.39 is 0 Å². The molecule has 1 unspecified atom stereocenters. The number of halogens is 1. The molecule has 2 aromatic rings. The van der Waals surface area contributed by atoms with E-state index in [9.17, 15) is 4.39 Å². The highest BCUT2D eigenvalue weighted by Gasteiger charge is 2.16. The fourth-order valence-electron chi connectivity index (χ4n) is 2.03. The fraction of sp³-hybridized carbons (Fsp3) is 0.200. The Bertz CT molecular complexity index is 523. The Morgan fingerprint density at radius 1 is 1.06 bits per heavy atom. The molecule has 94 valence electrons. The van der Waals surface area contributed by atoms with Gasteiger partial charge in [-0.05, 0) is 30.7 Å². The van der Waals surface area contributed by atoms with E-state index in [1.807, 2.05) is 55.3 Å². The molecular weight excluding hydrogens is 227 g/mol. The first-order valence-corrected chi connectivity index (χ1v) is 5.94. The summed E-state index contributed by atoms with van der Waals surface area (Å²) in [6, 6.07) is 14.5. The van der Waals surface area contributed by atoms with Gasteiger partial charge in [-0.3, -0.25) is 0 Å². The number of anilines is 2. The first-order valence-electron chi connectivity index (χ1n) is 5.94. The summed E-state index contributed by atoms with van der Waals surface area (Å²) < 4.78 is 14.0. The molecule has 0 aliphatic rings. The standard InChI is InChI=1S/C15H17FN2/c1-11(17)13-9-6-10-14(16)15(13)18(2)12-7-4-3-5-8-12/h3-11H,17H2,1-2H3. The molecule has 2 nitrogen and oxygen atoms in total. The molecule has 0 saturated heterocycles. The van der Waals surface area contributed by atoms with Crippen molar-refractivity contribution in [1.82, 2.24) is 0 Å². The van der Waals surface area contributed by atoms with Crippen LogP contribution in [-0.4, -0.2) is 7.05 Å². The number of nitrogens with two attached hydrogens (primary N) is 1. The van der Waals surface area contributed by atoms with Gasteiger partial charge in [-0.1, -0.05) is 30.3 Å². The third-order valence-corrected chi connectivity index (χ3v) is 2.99. The predicted octanol–water partition coefficient (Wildman–Crippen LogP) is 3.61. The molecule has 3 heteroatoms. The Hall–Kier alpha value is -1.87. The Labute approximate surface area is 107 Å². The van der Waals surface area contributed by atoms with Gasteiger partial charge < -0.3 is 10.6 Å². The lowest BCUT2D eigenvalue weighted by molar-refractivity contribution is 0.622. The minimum absolute atomic E-state index is 0.207. The molecule has 0 aliphatic carbocycles. The third kappa shape index (κ3) is 2.36. The third-order valence-electron chi connectivity index (χ3n) is 2.99. The average molecular weight is 244 g/mol. The number of rotatable bonds is 3. The van der Waals surface area contributed by atoms with E-state index in [1.54, 1.807) is 6.07 Å². The van der Waals surface area contributed by atoms with Gasteiger partial charge >= 0.3 is 0 Å². The predicted molar refractivity (Wildman–Crippen MR) is 73.5 cm³/mol. The van der Waals surface area contributed by atoms with Crippen LogP contribution in [-0.2, 0) is 0 Å². The molecule has 0 aliphatic heterocycles. The second kappa shape index (κ2) is 5.19. The first-order chi connectivity index (χ1) is 8.61. The van der Waals surface area contributed by atoms with E-state index >= 15 is 0 Å². The topological polar surface area (TPSA) is 29.3 Å². The van der Waals surface area contributed by atoms with Gasteiger partial charge in [0.25, 0.3) is 0 Å². The molecule has 2 rings (SSSR count). The van der Waals surface area contributed by atoms with Gasteiger partial charge in [0.1, 0.15) is 5.82 Å². The van der Waals surface area contributed by atoms with E-state index in [2.05, 4.69) is 0 Å². The molecule has 0 aromatic heterocycles. The number of para-hydroxylation sites is 2. The van der Waals surface area contributed by atoms with Crippen LogP contribution in [0.1, 0.15) is 18.5 Å². The molecule has 0 saturated carbocycles. The molecule has 0 amide bonds. The Morgan fingerprint density at radius 2 is 1.72 bits per heavy atom. The second-order valence-electron chi connectivity index (χ2n) is 4.36. The van der Waals surface area contributed by atoms with Crippen LogP contribution in [0.15, 0.2) is 48.5 Å². The molecule has 0 radical (unpaired) electrons. The van der Waals surface area contributed by atoms with Crippen molar-refractivity contribution in [3.05, 3.63) is 59.9 Å². The van der Waals surface area contributed by atoms with Gasteiger partial charge in [-0.25, -0.2) is 4.39 Å². The van der Waals surface area contributed by atoms with E-state index in [0.717, 1.165) is 11.3 Å². The zero-order valence-corrected chi connectivity index (χ0v) is 10.6. The zero-order valence-electron chi connectivity index (χ0n) is 10.6. The zero-order chi connectivity index (χ0) is 13.1. The van der Waals surface area contributed by atoms with Crippen molar-refractivity contribution in [2.75, 3.05) is 11.9 Å². The maximum absolute atomic E-state index is 14.0. The lowest BCUT2D eigenvalue weighted by atomic mass is 10.1. The largest absolute Gasteiger partial charge is 0.342 e. The van der Waals surface area contributed by atoms with Crippen molar-refractivity contribution in [2.45, 2.75) is 13.0 Å². The molecule has 0 spiro atoms. The monoisotopic (exact) mass is 244 g/mol. The van der Waals surface area contributed by atoms with E-state index in [1.165, 1.54) is 6.07 Å². The maximum atomic E-state index is 14.0. The Morgan fingerprint density at radius 3 is 2.33 bits per heavy atom. The van der Waals surface area contributed by atoms with Crippen molar-refractivity contribution in [3.8, 4) is 0 Å². The molecule has 18 heavy (non-hydrogen) atoms. The smallest absolute Gasteiger partial charge is 0.147 e. The summed E-state index contributed by atoms with van der Waals surface area (Å²) in [5, 5.41) is 0. The van der Waals surface area contributed by atoms with Crippen LogP contribution in [0.4, 0.5) is 15.8 Å². The van der Waals surface area contributed by atoms with E-state index in [4.69, 9.17) is 5.73 Å². The summed E-state index contributed by atoms with van der Waals surface area (Å²) in [6.45, 7) is 1.86. The summed E-state index contributed by atoms with van der Waals surface area (Å²) in [7, 11) is 1.85. The van der Waals surface area contributed by atoms with Gasteiger partial charge in [0.15, 0.2) is 0 Å². The Balaban J connectivity index is 2.51. The van der Waals surface area contributed by atoms with Crippen molar-refractivity contribution < 1.29 is 4.39 Å². The molecule has 0 fully saturated rings. The van der Waals surface area contributed by atoms with Crippen LogP contribution >= 0.6 is 0 Å². The minimum atomic E-state index is -0.254. The number of hydrogen-bond donors (Lipinski definition) is 1. The van der Waals surface area contributed by atoms with Crippen LogP contribution < -0.4 is 10.6 Å². The summed E-state index contributed by atoms with van der Waals surface area (Å²) in [5.74, 6) is -0.254. The molecule has 1 atom stereocenters. The maximum Gasteiger partial charge on any atom is 0.147 e. The lowest BCUT2D eigenvalue weighted by Gasteiger charge is -2.24. The highest BCUT2D eigenvalue weighted by Crippen LogP contribution is 2.32. The van der Waals surface area contributed by atoms with Gasteiger partial charge in [-0.2, -0.15) is 0 Å². The number of benzene rings is 2. The lowest BCUT2D eigenvalue weighted by Crippen LogP contribution is -2.17. The quantitative estimate of drug-likeness (QED) is 0.893. The summed E-state index contributed by atoms with van der Waals surface area (Å²) >= 11 is 0. The summed E-state index contributed by atoms with van der Waals surface area (Å²) in [4.78, 5) is 1.83. The normalized spacial score (nSPS) is 12.2. The van der Waals surface area contributed by atoms with E-state index in [-0.39, 0.29) is 11.9 Å². The second-order valence-corrected chi connectivity index (χ2v) is 4.36. The van der Waals surface area contributed by atoms with Crippen molar-refractivity contribution in [3.63, 3.8) is 0 Å². The van der Waals surface area contributed by atoms with Crippen LogP contribution in [0.3, 0.4) is 0 Å². The number of nitrogens with zero attached hydrogens (tertiary/aromatic N) is 1. The van der Waals surface area contributed by atoms with Gasteiger partial charge in [0.05, 0.1) is 5.69 Å². The van der Waals surface area contributed by atoms with Crippen molar-refractivity contribution in [1.29, 1.82) is 0 Å². The Kier molecular flexibility index (Phi) is 3.63. The fourth-order valence-corrected chi connectivity index (χ4v) is 2.03. The molecule has 0 heterocycles. The first kappa shape index (κ1) is 12.6. The van der Waals surface area contributed by atoms with E-state index in [0.29, 0.717) is 5.69 Å². The molecule has 0 bridgehead atoms. The van der Waals surface area contributed by atoms with Crippen LogP contribution in [0.2, 0.25) is 0 Å². The summed E-state index contributed by atoms with van der Waals surface area (Å²) in [5.41, 5.74) is 8.19. The molecule has 2 N–H and O–H groups in total. The van der Waals surface area contributed by atoms with Crippen molar-refractivity contribution >= 4 is 11.4 Å². The van der Waals surface area contributed by atoms with Gasteiger partial charge in [0, 0.05) is 18.8 Å². The minimum Gasteiger partial charge on any atom is -0.342 e. The van der Waals surface area contributed by atoms with Crippen LogP contribution in [0.5, 0.6) is 0 Å². The summed E-state index contributed by atoms with van der Waals surface area (Å²) in [6.07, 6.45) is 0. The van der Waals surface area contributed by atoms with Gasteiger partial charge in [0.2, 0.25) is 0 Å². The molecule has 2 aromatic carbocycles. The van der Waals surface area contributed by atoms with Gasteiger partial charge in [-0.15, -0.1) is 0 Å². The van der Waals surface area contributed by atoms with Crippen molar-refractivity contribution in [2.24, 2.45) is 5.73 Å². The highest BCUT2D eigenvalue weighted by molar-refractivity contribution is 5.66. The highest BCUT2D eigenvalue weighted by atomic mass is 19.1. The molecular formula is C15H17FN2. The average Bonchev–Trinajstić information content (AvgIpc) is 2.38. The number of hydrogen-bond acceptors (Lipinski definition) is 2. The van der Waals surface area contributed by atoms with Crippen LogP contribution in [0, 0.1) is 5.82 Å². The SMILES string of the molecule is CC(N)c1cccc(F)c1N(C)c1ccccc1.